The third kappa shape index (κ3) is 2.77. The topological polar surface area (TPSA) is 54.9 Å². The molecule has 1 aromatic heterocycles. The van der Waals surface area contributed by atoms with Gasteiger partial charge in [0.05, 0.1) is 0 Å². The van der Waals surface area contributed by atoms with E-state index in [9.17, 15) is 4.79 Å². The molecule has 4 nitrogen and oxygen atoms in total. The summed E-state index contributed by atoms with van der Waals surface area (Å²) in [5.41, 5.74) is 0. The Morgan fingerprint density at radius 3 is 2.50 bits per heavy atom. The summed E-state index contributed by atoms with van der Waals surface area (Å²) in [7, 11) is 0. The average Bonchev–Trinajstić information content (AvgIpc) is 2.53. The third-order valence-corrected chi connectivity index (χ3v) is 2.87. The van der Waals surface area contributed by atoms with Crippen LogP contribution in [0.15, 0.2) is 0 Å². The van der Waals surface area contributed by atoms with Crippen LogP contribution in [0.4, 0.5) is 5.13 Å². The van der Waals surface area contributed by atoms with Crippen LogP contribution >= 0.6 is 11.3 Å². The summed E-state index contributed by atoms with van der Waals surface area (Å²) in [6.45, 7) is 5.89. The quantitative estimate of drug-likeness (QED) is 0.834. The zero-order chi connectivity index (χ0) is 10.6. The molecular formula is C9H15N3OS. The van der Waals surface area contributed by atoms with Crippen LogP contribution < -0.4 is 5.32 Å². The average molecular weight is 213 g/mol. The SMILES string of the molecule is CCC(CC)C(=O)Nc1nnc(C)s1. The van der Waals surface area contributed by atoms with E-state index in [4.69, 9.17) is 0 Å². The Hall–Kier alpha value is -0.970. The van der Waals surface area contributed by atoms with Crippen LogP contribution in [-0.2, 0) is 4.79 Å². The molecule has 1 amide bonds. The lowest BCUT2D eigenvalue weighted by molar-refractivity contribution is -0.120. The molecule has 5 heteroatoms. The zero-order valence-electron chi connectivity index (χ0n) is 8.70. The van der Waals surface area contributed by atoms with E-state index in [0.717, 1.165) is 17.8 Å². The van der Waals surface area contributed by atoms with Crippen molar-refractivity contribution >= 4 is 22.4 Å². The number of nitrogens with zero attached hydrogens (tertiary/aromatic N) is 2. The van der Waals surface area contributed by atoms with Gasteiger partial charge in [0, 0.05) is 5.92 Å². The minimum Gasteiger partial charge on any atom is -0.300 e. The normalized spacial score (nSPS) is 10.6. The molecule has 0 unspecified atom stereocenters. The number of rotatable bonds is 4. The summed E-state index contributed by atoms with van der Waals surface area (Å²) in [5, 5.41) is 11.9. The summed E-state index contributed by atoms with van der Waals surface area (Å²) in [4.78, 5) is 11.6. The number of nitrogens with one attached hydrogen (secondary N) is 1. The molecule has 1 heterocycles. The van der Waals surface area contributed by atoms with Gasteiger partial charge in [0.1, 0.15) is 5.01 Å². The first-order chi connectivity index (χ1) is 6.67. The molecule has 1 rings (SSSR count). The van der Waals surface area contributed by atoms with Crippen LogP contribution in [0.5, 0.6) is 0 Å². The van der Waals surface area contributed by atoms with Crippen molar-refractivity contribution in [2.45, 2.75) is 33.6 Å². The fourth-order valence-corrected chi connectivity index (χ4v) is 1.81. The van der Waals surface area contributed by atoms with Crippen molar-refractivity contribution in [1.29, 1.82) is 0 Å². The number of aromatic nitrogens is 2. The van der Waals surface area contributed by atoms with E-state index < -0.39 is 0 Å². The predicted octanol–water partition coefficient (Wildman–Crippen LogP) is 2.22. The highest BCUT2D eigenvalue weighted by atomic mass is 32.1. The van der Waals surface area contributed by atoms with Gasteiger partial charge in [0.15, 0.2) is 0 Å². The van der Waals surface area contributed by atoms with Crippen molar-refractivity contribution in [3.8, 4) is 0 Å². The highest BCUT2D eigenvalue weighted by molar-refractivity contribution is 7.15. The lowest BCUT2D eigenvalue weighted by Gasteiger charge is -2.09. The van der Waals surface area contributed by atoms with Crippen molar-refractivity contribution in [2.75, 3.05) is 5.32 Å². The molecular weight excluding hydrogens is 198 g/mol. The molecule has 1 aromatic rings. The first kappa shape index (κ1) is 11.1. The van der Waals surface area contributed by atoms with Crippen molar-refractivity contribution in [2.24, 2.45) is 5.92 Å². The Morgan fingerprint density at radius 2 is 2.07 bits per heavy atom. The molecule has 0 fully saturated rings. The van der Waals surface area contributed by atoms with Gasteiger partial charge in [-0.1, -0.05) is 25.2 Å². The standard InChI is InChI=1S/C9H15N3OS/c1-4-7(5-2)8(13)10-9-12-11-6(3)14-9/h7H,4-5H2,1-3H3,(H,10,12,13). The fraction of sp³-hybridized carbons (Fsp3) is 0.667. The van der Waals surface area contributed by atoms with Crippen LogP contribution in [0.2, 0.25) is 0 Å². The van der Waals surface area contributed by atoms with Gasteiger partial charge in [-0.05, 0) is 19.8 Å². The van der Waals surface area contributed by atoms with E-state index in [0.29, 0.717) is 5.13 Å². The second-order valence-electron chi connectivity index (χ2n) is 3.13. The van der Waals surface area contributed by atoms with Gasteiger partial charge in [0.2, 0.25) is 11.0 Å². The van der Waals surface area contributed by atoms with E-state index in [1.165, 1.54) is 11.3 Å². The van der Waals surface area contributed by atoms with Gasteiger partial charge in [0.25, 0.3) is 0 Å². The van der Waals surface area contributed by atoms with E-state index in [-0.39, 0.29) is 11.8 Å². The molecule has 0 aliphatic carbocycles. The molecule has 14 heavy (non-hydrogen) atoms. The number of carbonyl (C=O) groups is 1. The minimum absolute atomic E-state index is 0.0474. The van der Waals surface area contributed by atoms with Gasteiger partial charge in [-0.3, -0.25) is 4.79 Å². The Morgan fingerprint density at radius 1 is 1.43 bits per heavy atom. The van der Waals surface area contributed by atoms with Crippen molar-refractivity contribution in [3.05, 3.63) is 5.01 Å². The first-order valence-corrected chi connectivity index (χ1v) is 5.60. The molecule has 0 atom stereocenters. The number of aryl methyl sites for hydroxylation is 1. The van der Waals surface area contributed by atoms with Gasteiger partial charge < -0.3 is 5.32 Å². The number of anilines is 1. The summed E-state index contributed by atoms with van der Waals surface area (Å²) < 4.78 is 0. The van der Waals surface area contributed by atoms with E-state index >= 15 is 0 Å². The predicted molar refractivity (Wildman–Crippen MR) is 57.3 cm³/mol. The first-order valence-electron chi connectivity index (χ1n) is 4.78. The van der Waals surface area contributed by atoms with E-state index in [1.54, 1.807) is 0 Å². The lowest BCUT2D eigenvalue weighted by atomic mass is 10.0. The second-order valence-corrected chi connectivity index (χ2v) is 4.31. The Labute approximate surface area is 87.7 Å². The molecule has 0 aliphatic rings. The summed E-state index contributed by atoms with van der Waals surface area (Å²) in [6.07, 6.45) is 1.72. The summed E-state index contributed by atoms with van der Waals surface area (Å²) in [6, 6.07) is 0. The highest BCUT2D eigenvalue weighted by Gasteiger charge is 2.15. The molecule has 0 spiro atoms. The fourth-order valence-electron chi connectivity index (χ4n) is 1.21. The minimum atomic E-state index is 0.0474. The van der Waals surface area contributed by atoms with Gasteiger partial charge in [-0.25, -0.2) is 0 Å². The maximum Gasteiger partial charge on any atom is 0.229 e. The summed E-state index contributed by atoms with van der Waals surface area (Å²) >= 11 is 1.40. The number of carbonyl (C=O) groups excluding carboxylic acids is 1. The largest absolute Gasteiger partial charge is 0.300 e. The summed E-state index contributed by atoms with van der Waals surface area (Å²) in [5.74, 6) is 0.130. The maximum atomic E-state index is 11.6. The van der Waals surface area contributed by atoms with Crippen molar-refractivity contribution in [1.82, 2.24) is 10.2 Å². The third-order valence-electron chi connectivity index (χ3n) is 2.11. The monoisotopic (exact) mass is 213 g/mol. The molecule has 0 radical (unpaired) electrons. The van der Waals surface area contributed by atoms with Crippen molar-refractivity contribution in [3.63, 3.8) is 0 Å². The van der Waals surface area contributed by atoms with Crippen molar-refractivity contribution < 1.29 is 4.79 Å². The smallest absolute Gasteiger partial charge is 0.229 e. The van der Waals surface area contributed by atoms with E-state index in [2.05, 4.69) is 15.5 Å². The molecule has 0 saturated heterocycles. The Kier molecular flexibility index (Phi) is 4.00. The van der Waals surface area contributed by atoms with Crippen LogP contribution in [0.1, 0.15) is 31.7 Å². The second kappa shape index (κ2) is 5.05. The highest BCUT2D eigenvalue weighted by Crippen LogP contribution is 2.16. The van der Waals surface area contributed by atoms with E-state index in [1.807, 2.05) is 20.8 Å². The molecule has 0 saturated carbocycles. The molecule has 0 aliphatic heterocycles. The Balaban J connectivity index is 2.56. The Bertz CT molecular complexity index is 307. The molecule has 0 aromatic carbocycles. The van der Waals surface area contributed by atoms with Crippen LogP contribution in [-0.4, -0.2) is 16.1 Å². The van der Waals surface area contributed by atoms with Gasteiger partial charge >= 0.3 is 0 Å². The zero-order valence-corrected chi connectivity index (χ0v) is 9.52. The number of hydrogen-bond acceptors (Lipinski definition) is 4. The van der Waals surface area contributed by atoms with Crippen LogP contribution in [0, 0.1) is 12.8 Å². The maximum absolute atomic E-state index is 11.6. The molecule has 0 bridgehead atoms. The van der Waals surface area contributed by atoms with Gasteiger partial charge in [-0.15, -0.1) is 10.2 Å². The number of hydrogen-bond donors (Lipinski definition) is 1. The van der Waals surface area contributed by atoms with Gasteiger partial charge in [-0.2, -0.15) is 0 Å². The number of amides is 1. The lowest BCUT2D eigenvalue weighted by Crippen LogP contribution is -2.21. The van der Waals surface area contributed by atoms with Crippen LogP contribution in [0.3, 0.4) is 0 Å². The molecule has 78 valence electrons. The van der Waals surface area contributed by atoms with Crippen LogP contribution in [0.25, 0.3) is 0 Å². The molecule has 1 N–H and O–H groups in total.